The van der Waals surface area contributed by atoms with Gasteiger partial charge in [-0.15, -0.1) is 0 Å². The number of carbonyl (C=O) groups is 1. The van der Waals surface area contributed by atoms with Crippen LogP contribution in [0.5, 0.6) is 0 Å². The van der Waals surface area contributed by atoms with Crippen molar-refractivity contribution < 1.29 is 4.79 Å². The lowest BCUT2D eigenvalue weighted by Gasteiger charge is -2.24. The van der Waals surface area contributed by atoms with Gasteiger partial charge < -0.3 is 4.90 Å². The lowest BCUT2D eigenvalue weighted by molar-refractivity contribution is 0.0984. The maximum absolute atomic E-state index is 13.5. The van der Waals surface area contributed by atoms with Crippen molar-refractivity contribution >= 4 is 59.6 Å². The molecule has 2 heterocycles. The smallest absolute Gasteiger partial charge is 0.260 e. The third-order valence-electron chi connectivity index (χ3n) is 5.07. The van der Waals surface area contributed by atoms with Crippen molar-refractivity contribution in [3.8, 4) is 0 Å². The zero-order valence-corrected chi connectivity index (χ0v) is 19.3. The summed E-state index contributed by atoms with van der Waals surface area (Å²) in [7, 11) is 0. The minimum absolute atomic E-state index is 0.0761. The fourth-order valence-electron chi connectivity index (χ4n) is 3.32. The Bertz CT molecular complexity index is 1190. The van der Waals surface area contributed by atoms with E-state index in [2.05, 4.69) is 44.6 Å². The maximum atomic E-state index is 13.5. The highest BCUT2D eigenvalue weighted by molar-refractivity contribution is 9.10. The average molecular weight is 484 g/mol. The fraction of sp³-hybridized carbons (Fsp3) is 0.273. The van der Waals surface area contributed by atoms with Crippen molar-refractivity contribution in [2.24, 2.45) is 0 Å². The normalized spacial score (nSPS) is 11.5. The van der Waals surface area contributed by atoms with Crippen LogP contribution in [-0.4, -0.2) is 51.9 Å². The van der Waals surface area contributed by atoms with Crippen LogP contribution >= 0.6 is 27.3 Å². The molecule has 0 N–H and O–H groups in total. The number of anilines is 1. The van der Waals surface area contributed by atoms with Crippen LogP contribution < -0.4 is 4.90 Å². The molecule has 0 aliphatic carbocycles. The van der Waals surface area contributed by atoms with E-state index in [1.165, 1.54) is 11.3 Å². The van der Waals surface area contributed by atoms with Crippen LogP contribution in [0.2, 0.25) is 0 Å². The van der Waals surface area contributed by atoms with Gasteiger partial charge in [0.25, 0.3) is 5.91 Å². The average Bonchev–Trinajstić information content (AvgIpc) is 3.18. The molecule has 154 valence electrons. The van der Waals surface area contributed by atoms with Gasteiger partial charge in [-0.2, -0.15) is 0 Å². The number of halogens is 1. The number of thiazole rings is 1. The van der Waals surface area contributed by atoms with Gasteiger partial charge in [-0.25, -0.2) is 4.98 Å². The van der Waals surface area contributed by atoms with E-state index in [4.69, 9.17) is 4.98 Å². The van der Waals surface area contributed by atoms with Gasteiger partial charge in [-0.3, -0.25) is 19.7 Å². The summed E-state index contributed by atoms with van der Waals surface area (Å²) in [5, 5.41) is 0.708. The van der Waals surface area contributed by atoms with Crippen LogP contribution in [-0.2, 0) is 0 Å². The molecule has 0 aliphatic rings. The number of nitrogens with zero attached hydrogens (tertiary/aromatic N) is 5. The summed E-state index contributed by atoms with van der Waals surface area (Å²) in [6, 6.07) is 11.4. The minimum Gasteiger partial charge on any atom is -0.302 e. The van der Waals surface area contributed by atoms with Gasteiger partial charge in [0, 0.05) is 35.5 Å². The highest BCUT2D eigenvalue weighted by Gasteiger charge is 2.22. The molecule has 0 unspecified atom stereocenters. The van der Waals surface area contributed by atoms with Crippen LogP contribution in [0.4, 0.5) is 5.13 Å². The molecule has 0 bridgehead atoms. The molecule has 8 heteroatoms. The van der Waals surface area contributed by atoms with Crippen molar-refractivity contribution in [1.82, 2.24) is 19.9 Å². The molecule has 4 aromatic rings. The number of benzene rings is 2. The topological polar surface area (TPSA) is 62.2 Å². The fourth-order valence-corrected chi connectivity index (χ4v) is 4.86. The molecule has 2 aromatic carbocycles. The molecular formula is C22H22BrN5OS. The van der Waals surface area contributed by atoms with Crippen LogP contribution in [0.25, 0.3) is 21.3 Å². The number of aromatic nitrogens is 3. The molecule has 0 radical (unpaired) electrons. The van der Waals surface area contributed by atoms with Crippen molar-refractivity contribution in [2.45, 2.75) is 13.8 Å². The van der Waals surface area contributed by atoms with E-state index in [1.807, 2.05) is 30.3 Å². The number of hydrogen-bond acceptors (Lipinski definition) is 6. The molecule has 0 aliphatic heterocycles. The molecule has 1 amide bonds. The van der Waals surface area contributed by atoms with Gasteiger partial charge >= 0.3 is 0 Å². The molecule has 30 heavy (non-hydrogen) atoms. The van der Waals surface area contributed by atoms with E-state index in [1.54, 1.807) is 23.4 Å². The van der Waals surface area contributed by atoms with Gasteiger partial charge in [-0.1, -0.05) is 41.1 Å². The van der Waals surface area contributed by atoms with Gasteiger partial charge in [0.2, 0.25) is 0 Å². The maximum Gasteiger partial charge on any atom is 0.260 e. The highest BCUT2D eigenvalue weighted by atomic mass is 79.9. The van der Waals surface area contributed by atoms with E-state index in [0.717, 1.165) is 39.8 Å². The Kier molecular flexibility index (Phi) is 6.36. The number of fused-ring (bicyclic) bond motifs is 2. The summed E-state index contributed by atoms with van der Waals surface area (Å²) in [5.74, 6) is -0.0761. The Morgan fingerprint density at radius 3 is 2.47 bits per heavy atom. The lowest BCUT2D eigenvalue weighted by atomic mass is 10.1. The standard InChI is InChI=1S/C22H22BrN5OS/c1-3-27(4-2)11-12-28(22-26-18-8-6-16(23)14-20(18)30-22)21(29)15-5-7-17-19(13-15)25-10-9-24-17/h5-10,13-14H,3-4,11-12H2,1-2H3. The molecular weight excluding hydrogens is 462 g/mol. The van der Waals surface area contributed by atoms with E-state index < -0.39 is 0 Å². The van der Waals surface area contributed by atoms with Crippen molar-refractivity contribution in [2.75, 3.05) is 31.1 Å². The summed E-state index contributed by atoms with van der Waals surface area (Å²) in [6.45, 7) is 7.50. The summed E-state index contributed by atoms with van der Waals surface area (Å²) in [5.41, 5.74) is 2.96. The molecule has 2 aromatic heterocycles. The molecule has 6 nitrogen and oxygen atoms in total. The van der Waals surface area contributed by atoms with E-state index in [9.17, 15) is 4.79 Å². The van der Waals surface area contributed by atoms with Crippen molar-refractivity contribution in [3.63, 3.8) is 0 Å². The second kappa shape index (κ2) is 9.16. The van der Waals surface area contributed by atoms with Crippen LogP contribution in [0.3, 0.4) is 0 Å². The first-order valence-corrected chi connectivity index (χ1v) is 11.5. The Morgan fingerprint density at radius 1 is 0.967 bits per heavy atom. The SMILES string of the molecule is CCN(CC)CCN(C(=O)c1ccc2nccnc2c1)c1nc2ccc(Br)cc2s1. The quantitative estimate of drug-likeness (QED) is 0.370. The first-order chi connectivity index (χ1) is 14.6. The summed E-state index contributed by atoms with van der Waals surface area (Å²) in [4.78, 5) is 31.0. The van der Waals surface area contributed by atoms with Crippen LogP contribution in [0.1, 0.15) is 24.2 Å². The zero-order valence-electron chi connectivity index (χ0n) is 16.9. The number of carbonyl (C=O) groups excluding carboxylic acids is 1. The number of hydrogen-bond donors (Lipinski definition) is 0. The predicted molar refractivity (Wildman–Crippen MR) is 126 cm³/mol. The van der Waals surface area contributed by atoms with E-state index in [0.29, 0.717) is 22.8 Å². The van der Waals surface area contributed by atoms with Gasteiger partial charge in [0.1, 0.15) is 0 Å². The largest absolute Gasteiger partial charge is 0.302 e. The second-order valence-electron chi connectivity index (χ2n) is 6.85. The molecule has 0 spiro atoms. The van der Waals surface area contributed by atoms with E-state index in [-0.39, 0.29) is 5.91 Å². The Balaban J connectivity index is 1.71. The third kappa shape index (κ3) is 4.35. The molecule has 0 atom stereocenters. The monoisotopic (exact) mass is 483 g/mol. The summed E-state index contributed by atoms with van der Waals surface area (Å²) in [6.07, 6.45) is 3.29. The van der Waals surface area contributed by atoms with Gasteiger partial charge in [0.05, 0.1) is 21.3 Å². The highest BCUT2D eigenvalue weighted by Crippen LogP contribution is 2.31. The molecule has 0 saturated carbocycles. The van der Waals surface area contributed by atoms with Gasteiger partial charge in [0.15, 0.2) is 5.13 Å². The Morgan fingerprint density at radius 2 is 1.70 bits per heavy atom. The first kappa shape index (κ1) is 20.8. The number of rotatable bonds is 7. The lowest BCUT2D eigenvalue weighted by Crippen LogP contribution is -2.38. The number of amides is 1. The third-order valence-corrected chi connectivity index (χ3v) is 6.60. The summed E-state index contributed by atoms with van der Waals surface area (Å²) < 4.78 is 2.05. The van der Waals surface area contributed by atoms with Crippen LogP contribution in [0.15, 0.2) is 53.3 Å². The van der Waals surface area contributed by atoms with E-state index >= 15 is 0 Å². The van der Waals surface area contributed by atoms with Crippen LogP contribution in [0, 0.1) is 0 Å². The Hall–Kier alpha value is -2.42. The molecule has 4 rings (SSSR count). The van der Waals surface area contributed by atoms with Crippen molar-refractivity contribution in [1.29, 1.82) is 0 Å². The second-order valence-corrected chi connectivity index (χ2v) is 8.78. The molecule has 0 saturated heterocycles. The zero-order chi connectivity index (χ0) is 21.1. The minimum atomic E-state index is -0.0761. The summed E-state index contributed by atoms with van der Waals surface area (Å²) >= 11 is 5.05. The predicted octanol–water partition coefficient (Wildman–Crippen LogP) is 4.99. The van der Waals surface area contributed by atoms with Crippen molar-refractivity contribution in [3.05, 3.63) is 58.8 Å². The number of likely N-dealkylation sites (N-methyl/N-ethyl adjacent to an activating group) is 1. The first-order valence-electron chi connectivity index (χ1n) is 9.90. The Labute approximate surface area is 187 Å². The molecule has 0 fully saturated rings. The van der Waals surface area contributed by atoms with Gasteiger partial charge in [-0.05, 0) is 49.5 Å².